The summed E-state index contributed by atoms with van der Waals surface area (Å²) in [6, 6.07) is 2.50. The molecule has 6 heteroatoms. The van der Waals surface area contributed by atoms with Crippen molar-refractivity contribution < 1.29 is 22.7 Å². The smallest absolute Gasteiger partial charge is 0.393 e. The number of hydrogen-bond donors (Lipinski definition) is 2. The van der Waals surface area contributed by atoms with Crippen LogP contribution < -0.4 is 5.32 Å². The Labute approximate surface area is 109 Å². The van der Waals surface area contributed by atoms with Crippen LogP contribution in [0.5, 0.6) is 0 Å². The summed E-state index contributed by atoms with van der Waals surface area (Å²) in [4.78, 5) is 0. The molecule has 19 heavy (non-hydrogen) atoms. The number of aliphatic hydroxyl groups excluding tert-OH is 1. The molecule has 2 nitrogen and oxygen atoms in total. The Morgan fingerprint density at radius 1 is 1.26 bits per heavy atom. The van der Waals surface area contributed by atoms with E-state index >= 15 is 0 Å². The van der Waals surface area contributed by atoms with Crippen molar-refractivity contribution in [3.63, 3.8) is 0 Å². The first-order chi connectivity index (χ1) is 8.79. The summed E-state index contributed by atoms with van der Waals surface area (Å²) >= 11 is 0. The maximum atomic E-state index is 13.1. The summed E-state index contributed by atoms with van der Waals surface area (Å²) in [6.45, 7) is 2.39. The van der Waals surface area contributed by atoms with Gasteiger partial charge in [0.25, 0.3) is 0 Å². The number of aliphatic hydroxyl groups is 1. The highest BCUT2D eigenvalue weighted by molar-refractivity contribution is 5.26. The summed E-state index contributed by atoms with van der Waals surface area (Å²) in [5, 5.41) is 11.9. The van der Waals surface area contributed by atoms with Gasteiger partial charge in [0.15, 0.2) is 0 Å². The van der Waals surface area contributed by atoms with Crippen molar-refractivity contribution in [2.45, 2.75) is 38.6 Å². The lowest BCUT2D eigenvalue weighted by Crippen LogP contribution is -2.17. The van der Waals surface area contributed by atoms with Gasteiger partial charge >= 0.3 is 6.18 Å². The molecule has 2 N–H and O–H groups in total. The van der Waals surface area contributed by atoms with Crippen molar-refractivity contribution in [3.05, 3.63) is 35.1 Å². The zero-order valence-electron chi connectivity index (χ0n) is 10.6. The van der Waals surface area contributed by atoms with Crippen molar-refractivity contribution in [2.24, 2.45) is 0 Å². The topological polar surface area (TPSA) is 32.3 Å². The lowest BCUT2D eigenvalue weighted by atomic mass is 10.1. The van der Waals surface area contributed by atoms with Crippen LogP contribution in [0.4, 0.5) is 17.6 Å². The molecule has 0 bridgehead atoms. The minimum absolute atomic E-state index is 0.167. The fourth-order valence-corrected chi connectivity index (χ4v) is 1.67. The quantitative estimate of drug-likeness (QED) is 0.619. The Bertz CT molecular complexity index is 404. The van der Waals surface area contributed by atoms with Crippen molar-refractivity contribution in [2.75, 3.05) is 6.54 Å². The zero-order chi connectivity index (χ0) is 14.5. The van der Waals surface area contributed by atoms with Gasteiger partial charge in [-0.1, -0.05) is 0 Å². The van der Waals surface area contributed by atoms with E-state index in [0.29, 0.717) is 25.5 Å². The molecule has 0 spiro atoms. The molecule has 0 radical (unpaired) electrons. The molecular weight excluding hydrogens is 262 g/mol. The van der Waals surface area contributed by atoms with Crippen LogP contribution in [-0.2, 0) is 12.7 Å². The highest BCUT2D eigenvalue weighted by atomic mass is 19.4. The summed E-state index contributed by atoms with van der Waals surface area (Å²) in [7, 11) is 0. The Kier molecular flexibility index (Phi) is 5.75. The molecule has 0 amide bonds. The fourth-order valence-electron chi connectivity index (χ4n) is 1.67. The second-order valence-corrected chi connectivity index (χ2v) is 4.51. The second-order valence-electron chi connectivity index (χ2n) is 4.51. The Hall–Kier alpha value is -1.14. The van der Waals surface area contributed by atoms with Crippen molar-refractivity contribution in [3.8, 4) is 0 Å². The van der Waals surface area contributed by atoms with Crippen LogP contribution in [0.3, 0.4) is 0 Å². The van der Waals surface area contributed by atoms with Gasteiger partial charge in [-0.15, -0.1) is 0 Å². The summed E-state index contributed by atoms with van der Waals surface area (Å²) in [6.07, 6.45) is -3.61. The van der Waals surface area contributed by atoms with E-state index in [4.69, 9.17) is 5.11 Å². The van der Waals surface area contributed by atoms with Gasteiger partial charge in [-0.3, -0.25) is 0 Å². The average molecular weight is 279 g/mol. The van der Waals surface area contributed by atoms with Gasteiger partial charge in [0, 0.05) is 6.54 Å². The minimum Gasteiger partial charge on any atom is -0.393 e. The number of halogens is 4. The van der Waals surface area contributed by atoms with E-state index in [0.717, 1.165) is 12.1 Å². The first-order valence-corrected chi connectivity index (χ1v) is 6.04. The van der Waals surface area contributed by atoms with Crippen LogP contribution in [0.15, 0.2) is 18.2 Å². The molecule has 0 heterocycles. The molecule has 1 atom stereocenters. The molecule has 0 saturated carbocycles. The maximum absolute atomic E-state index is 13.1. The van der Waals surface area contributed by atoms with Gasteiger partial charge in [0.05, 0.1) is 11.7 Å². The zero-order valence-corrected chi connectivity index (χ0v) is 10.6. The van der Waals surface area contributed by atoms with E-state index in [1.54, 1.807) is 6.92 Å². The maximum Gasteiger partial charge on any atom is 0.416 e. The lowest BCUT2D eigenvalue weighted by Gasteiger charge is -2.10. The van der Waals surface area contributed by atoms with Crippen LogP contribution in [0.1, 0.15) is 30.9 Å². The normalized spacial score (nSPS) is 13.6. The minimum atomic E-state index is -4.54. The molecule has 0 saturated heterocycles. The second kappa shape index (κ2) is 6.86. The van der Waals surface area contributed by atoms with Gasteiger partial charge in [-0.25, -0.2) is 4.39 Å². The third-order valence-corrected chi connectivity index (χ3v) is 2.59. The molecule has 1 unspecified atom stereocenters. The van der Waals surface area contributed by atoms with Crippen LogP contribution in [0.2, 0.25) is 0 Å². The van der Waals surface area contributed by atoms with Crippen LogP contribution in [0.25, 0.3) is 0 Å². The van der Waals surface area contributed by atoms with Gasteiger partial charge in [-0.05, 0) is 50.1 Å². The third-order valence-electron chi connectivity index (χ3n) is 2.59. The largest absolute Gasteiger partial charge is 0.416 e. The van der Waals surface area contributed by atoms with Crippen LogP contribution >= 0.6 is 0 Å². The van der Waals surface area contributed by atoms with E-state index in [2.05, 4.69) is 5.32 Å². The van der Waals surface area contributed by atoms with Gasteiger partial charge < -0.3 is 10.4 Å². The molecule has 1 aromatic carbocycles. The van der Waals surface area contributed by atoms with Gasteiger partial charge in [0.1, 0.15) is 5.82 Å². The van der Waals surface area contributed by atoms with Gasteiger partial charge in [-0.2, -0.15) is 13.2 Å². The molecule has 108 valence electrons. The molecule has 0 aliphatic carbocycles. The Balaban J connectivity index is 2.52. The van der Waals surface area contributed by atoms with E-state index in [-0.39, 0.29) is 12.1 Å². The summed E-state index contributed by atoms with van der Waals surface area (Å²) in [5.74, 6) is -0.893. The number of alkyl halides is 3. The third kappa shape index (κ3) is 6.02. The predicted molar refractivity (Wildman–Crippen MR) is 64.0 cm³/mol. The highest BCUT2D eigenvalue weighted by Gasteiger charge is 2.31. The molecule has 0 aliphatic rings. The average Bonchev–Trinajstić information content (AvgIpc) is 2.26. The van der Waals surface area contributed by atoms with Crippen molar-refractivity contribution >= 4 is 0 Å². The molecular formula is C13H17F4NO. The van der Waals surface area contributed by atoms with E-state index in [1.165, 1.54) is 0 Å². The van der Waals surface area contributed by atoms with Crippen LogP contribution in [-0.4, -0.2) is 17.8 Å². The highest BCUT2D eigenvalue weighted by Crippen LogP contribution is 2.30. The monoisotopic (exact) mass is 279 g/mol. The Morgan fingerprint density at radius 2 is 1.95 bits per heavy atom. The SMILES string of the molecule is CC(O)CCCNCc1cc(F)cc(C(F)(F)F)c1. The Morgan fingerprint density at radius 3 is 2.53 bits per heavy atom. The van der Waals surface area contributed by atoms with Crippen LogP contribution in [0, 0.1) is 5.82 Å². The summed E-state index contributed by atoms with van der Waals surface area (Å²) < 4.78 is 50.5. The van der Waals surface area contributed by atoms with Crippen molar-refractivity contribution in [1.82, 2.24) is 5.32 Å². The molecule has 0 aromatic heterocycles. The van der Waals surface area contributed by atoms with E-state index in [1.807, 2.05) is 0 Å². The summed E-state index contributed by atoms with van der Waals surface area (Å²) in [5.41, 5.74) is -0.724. The van der Waals surface area contributed by atoms with E-state index in [9.17, 15) is 17.6 Å². The molecule has 1 rings (SSSR count). The predicted octanol–water partition coefficient (Wildman–Crippen LogP) is 3.10. The van der Waals surface area contributed by atoms with Crippen molar-refractivity contribution in [1.29, 1.82) is 0 Å². The van der Waals surface area contributed by atoms with E-state index < -0.39 is 23.7 Å². The fraction of sp³-hybridized carbons (Fsp3) is 0.538. The lowest BCUT2D eigenvalue weighted by molar-refractivity contribution is -0.137. The molecule has 1 aromatic rings. The van der Waals surface area contributed by atoms with Gasteiger partial charge in [0.2, 0.25) is 0 Å². The standard InChI is InChI=1S/C13H17F4NO/c1-9(19)3-2-4-18-8-10-5-11(13(15,16)17)7-12(14)6-10/h5-7,9,18-19H,2-4,8H2,1H3. The number of nitrogens with one attached hydrogen (secondary N) is 1. The molecule has 0 aliphatic heterocycles. The molecule has 0 fully saturated rings. The number of rotatable bonds is 6. The first-order valence-electron chi connectivity index (χ1n) is 6.04. The first kappa shape index (κ1) is 15.9. The number of hydrogen-bond acceptors (Lipinski definition) is 2. The number of benzene rings is 1.